The predicted molar refractivity (Wildman–Crippen MR) is 79.8 cm³/mol. The van der Waals surface area contributed by atoms with E-state index in [0.717, 1.165) is 36.1 Å². The molecule has 0 saturated heterocycles. The molecule has 0 aliphatic heterocycles. The van der Waals surface area contributed by atoms with Crippen LogP contribution in [0.5, 0.6) is 11.5 Å². The average Bonchev–Trinajstić information content (AvgIpc) is 2.45. The van der Waals surface area contributed by atoms with Gasteiger partial charge in [0, 0.05) is 12.0 Å². The molecule has 0 heterocycles. The van der Waals surface area contributed by atoms with E-state index < -0.39 is 0 Å². The Balaban J connectivity index is 2.49. The van der Waals surface area contributed by atoms with Gasteiger partial charge in [-0.15, -0.1) is 0 Å². The molecule has 0 saturated carbocycles. The Hall–Kier alpha value is -1.51. The van der Waals surface area contributed by atoms with E-state index in [1.807, 2.05) is 12.1 Å². The minimum atomic E-state index is 0.185. The summed E-state index contributed by atoms with van der Waals surface area (Å²) < 4.78 is 10.9. The maximum atomic E-state index is 12.6. The fourth-order valence-corrected chi connectivity index (χ4v) is 3.01. The summed E-state index contributed by atoms with van der Waals surface area (Å²) in [4.78, 5) is 12.6. The third kappa shape index (κ3) is 3.14. The molecule has 1 aliphatic rings. The van der Waals surface area contributed by atoms with Gasteiger partial charge in [0.05, 0.1) is 19.8 Å². The fraction of sp³-hybridized carbons (Fsp3) is 0.588. The van der Waals surface area contributed by atoms with Crippen LogP contribution in [0.2, 0.25) is 0 Å². The molecule has 0 aromatic heterocycles. The quantitative estimate of drug-likeness (QED) is 0.818. The smallest absolute Gasteiger partial charge is 0.167 e. The molecule has 0 amide bonds. The molecule has 3 heteroatoms. The number of ketones is 1. The number of carbonyl (C=O) groups excluding carboxylic acids is 1. The van der Waals surface area contributed by atoms with Gasteiger partial charge in [-0.2, -0.15) is 0 Å². The summed E-state index contributed by atoms with van der Waals surface area (Å²) >= 11 is 0. The first-order valence-electron chi connectivity index (χ1n) is 7.44. The van der Waals surface area contributed by atoms with Gasteiger partial charge in [0.15, 0.2) is 5.78 Å². The molecule has 1 aromatic carbocycles. The SMILES string of the molecule is COc1ccc(OC)c2c1CCCCCC(C)CC2=O. The third-order valence-corrected chi connectivity index (χ3v) is 4.11. The van der Waals surface area contributed by atoms with Gasteiger partial charge in [-0.1, -0.05) is 26.2 Å². The molecule has 0 spiro atoms. The Labute approximate surface area is 121 Å². The topological polar surface area (TPSA) is 35.5 Å². The Bertz CT molecular complexity index is 479. The highest BCUT2D eigenvalue weighted by Crippen LogP contribution is 2.34. The molecular weight excluding hydrogens is 252 g/mol. The van der Waals surface area contributed by atoms with Crippen LogP contribution < -0.4 is 9.47 Å². The van der Waals surface area contributed by atoms with Crippen molar-refractivity contribution in [1.29, 1.82) is 0 Å². The van der Waals surface area contributed by atoms with E-state index in [-0.39, 0.29) is 5.78 Å². The standard InChI is InChI=1S/C17H24O3/c1-12-7-5-4-6-8-13-15(19-2)9-10-16(20-3)17(13)14(18)11-12/h9-10,12H,4-8,11H2,1-3H3. The minimum Gasteiger partial charge on any atom is -0.496 e. The largest absolute Gasteiger partial charge is 0.496 e. The number of methoxy groups -OCH3 is 2. The van der Waals surface area contributed by atoms with Crippen LogP contribution >= 0.6 is 0 Å². The van der Waals surface area contributed by atoms with E-state index in [1.165, 1.54) is 12.8 Å². The van der Waals surface area contributed by atoms with Gasteiger partial charge in [0.1, 0.15) is 11.5 Å². The number of hydrogen-bond acceptors (Lipinski definition) is 3. The van der Waals surface area contributed by atoms with Crippen molar-refractivity contribution in [3.63, 3.8) is 0 Å². The van der Waals surface area contributed by atoms with Gasteiger partial charge >= 0.3 is 0 Å². The highest BCUT2D eigenvalue weighted by atomic mass is 16.5. The lowest BCUT2D eigenvalue weighted by Crippen LogP contribution is -2.13. The summed E-state index contributed by atoms with van der Waals surface area (Å²) in [5, 5.41) is 0. The van der Waals surface area contributed by atoms with Crippen LogP contribution in [0.3, 0.4) is 0 Å². The van der Waals surface area contributed by atoms with Crippen LogP contribution in [0.15, 0.2) is 12.1 Å². The molecule has 20 heavy (non-hydrogen) atoms. The maximum absolute atomic E-state index is 12.6. The Morgan fingerprint density at radius 1 is 1.05 bits per heavy atom. The van der Waals surface area contributed by atoms with Crippen molar-refractivity contribution < 1.29 is 14.3 Å². The lowest BCUT2D eigenvalue weighted by atomic mass is 9.88. The molecule has 0 N–H and O–H groups in total. The molecule has 1 unspecified atom stereocenters. The summed E-state index contributed by atoms with van der Waals surface area (Å²) in [6.07, 6.45) is 6.12. The molecule has 0 bridgehead atoms. The van der Waals surface area contributed by atoms with Crippen LogP contribution in [0, 0.1) is 5.92 Å². The number of carbonyl (C=O) groups is 1. The van der Waals surface area contributed by atoms with E-state index in [2.05, 4.69) is 6.92 Å². The van der Waals surface area contributed by atoms with Gasteiger partial charge in [0.2, 0.25) is 0 Å². The summed E-state index contributed by atoms with van der Waals surface area (Å²) in [6, 6.07) is 3.74. The van der Waals surface area contributed by atoms with Gasteiger partial charge in [-0.05, 0) is 30.9 Å². The van der Waals surface area contributed by atoms with Crippen molar-refractivity contribution in [2.45, 2.75) is 45.4 Å². The van der Waals surface area contributed by atoms with Crippen LogP contribution in [0.25, 0.3) is 0 Å². The maximum Gasteiger partial charge on any atom is 0.167 e. The number of benzene rings is 1. The van der Waals surface area contributed by atoms with Crippen molar-refractivity contribution >= 4 is 5.78 Å². The van der Waals surface area contributed by atoms with Crippen molar-refractivity contribution in [1.82, 2.24) is 0 Å². The van der Waals surface area contributed by atoms with E-state index in [0.29, 0.717) is 18.1 Å². The summed E-state index contributed by atoms with van der Waals surface area (Å²) in [5.74, 6) is 2.11. The summed E-state index contributed by atoms with van der Waals surface area (Å²) in [7, 11) is 3.28. The fourth-order valence-electron chi connectivity index (χ4n) is 3.01. The highest BCUT2D eigenvalue weighted by molar-refractivity contribution is 6.01. The van der Waals surface area contributed by atoms with E-state index in [1.54, 1.807) is 14.2 Å². The van der Waals surface area contributed by atoms with Crippen molar-refractivity contribution in [3.8, 4) is 11.5 Å². The monoisotopic (exact) mass is 276 g/mol. The van der Waals surface area contributed by atoms with E-state index in [9.17, 15) is 4.79 Å². The first-order chi connectivity index (χ1) is 9.67. The molecule has 3 nitrogen and oxygen atoms in total. The van der Waals surface area contributed by atoms with Crippen LogP contribution in [0.4, 0.5) is 0 Å². The molecule has 0 fully saturated rings. The molecule has 2 rings (SSSR count). The van der Waals surface area contributed by atoms with Crippen LogP contribution in [-0.4, -0.2) is 20.0 Å². The number of ether oxygens (including phenoxy) is 2. The molecule has 1 aliphatic carbocycles. The number of rotatable bonds is 2. The molecule has 0 radical (unpaired) electrons. The first kappa shape index (κ1) is 14.9. The molecule has 1 aromatic rings. The van der Waals surface area contributed by atoms with Crippen molar-refractivity contribution in [3.05, 3.63) is 23.3 Å². The number of Topliss-reactive ketones (excluding diaryl/α,β-unsaturated/α-hetero) is 1. The van der Waals surface area contributed by atoms with E-state index >= 15 is 0 Å². The zero-order valence-corrected chi connectivity index (χ0v) is 12.7. The summed E-state index contributed by atoms with van der Waals surface area (Å²) in [5.41, 5.74) is 1.76. The normalized spacial score (nSPS) is 20.1. The molecule has 110 valence electrons. The Kier molecular flexibility index (Phi) is 5.05. The lowest BCUT2D eigenvalue weighted by molar-refractivity contribution is 0.0956. The van der Waals surface area contributed by atoms with Gasteiger partial charge < -0.3 is 9.47 Å². The molecular formula is C17H24O3. The third-order valence-electron chi connectivity index (χ3n) is 4.11. The van der Waals surface area contributed by atoms with Crippen molar-refractivity contribution in [2.24, 2.45) is 5.92 Å². The van der Waals surface area contributed by atoms with Gasteiger partial charge in [-0.3, -0.25) is 4.79 Å². The lowest BCUT2D eigenvalue weighted by Gasteiger charge is -2.20. The second-order valence-electron chi connectivity index (χ2n) is 5.66. The van der Waals surface area contributed by atoms with Crippen LogP contribution in [-0.2, 0) is 6.42 Å². The second-order valence-corrected chi connectivity index (χ2v) is 5.66. The first-order valence-corrected chi connectivity index (χ1v) is 7.44. The Morgan fingerprint density at radius 3 is 2.45 bits per heavy atom. The molecule has 1 atom stereocenters. The Morgan fingerprint density at radius 2 is 1.75 bits per heavy atom. The summed E-state index contributed by atoms with van der Waals surface area (Å²) in [6.45, 7) is 2.16. The minimum absolute atomic E-state index is 0.185. The van der Waals surface area contributed by atoms with E-state index in [4.69, 9.17) is 9.47 Å². The van der Waals surface area contributed by atoms with Crippen molar-refractivity contribution in [2.75, 3.05) is 14.2 Å². The number of fused-ring (bicyclic) bond motifs is 1. The number of hydrogen-bond donors (Lipinski definition) is 0. The zero-order valence-electron chi connectivity index (χ0n) is 12.7. The average molecular weight is 276 g/mol. The second kappa shape index (κ2) is 6.78. The van der Waals surface area contributed by atoms with Gasteiger partial charge in [-0.25, -0.2) is 0 Å². The van der Waals surface area contributed by atoms with Crippen LogP contribution in [0.1, 0.15) is 54.9 Å². The zero-order chi connectivity index (χ0) is 14.5. The van der Waals surface area contributed by atoms with Gasteiger partial charge in [0.25, 0.3) is 0 Å². The highest BCUT2D eigenvalue weighted by Gasteiger charge is 2.23. The predicted octanol–water partition coefficient (Wildman–Crippen LogP) is 4.03.